The van der Waals surface area contributed by atoms with Gasteiger partial charge in [-0.15, -0.1) is 21.5 Å². The number of hydrogen-bond acceptors (Lipinski definition) is 6. The van der Waals surface area contributed by atoms with Crippen molar-refractivity contribution in [2.45, 2.75) is 30.8 Å². The van der Waals surface area contributed by atoms with Crippen molar-refractivity contribution in [2.75, 3.05) is 11.5 Å². The van der Waals surface area contributed by atoms with E-state index in [4.69, 9.17) is 5.11 Å². The van der Waals surface area contributed by atoms with Gasteiger partial charge in [-0.2, -0.15) is 11.8 Å². The van der Waals surface area contributed by atoms with Crippen molar-refractivity contribution in [1.29, 1.82) is 0 Å². The average Bonchev–Trinajstić information content (AvgIpc) is 3.07. The molecule has 8 heteroatoms. The normalized spacial score (nSPS) is 14.1. The summed E-state index contributed by atoms with van der Waals surface area (Å²) < 4.78 is 2.00. The van der Waals surface area contributed by atoms with Crippen molar-refractivity contribution in [3.63, 3.8) is 0 Å². The van der Waals surface area contributed by atoms with Gasteiger partial charge in [-0.1, -0.05) is 11.8 Å². The van der Waals surface area contributed by atoms with Crippen molar-refractivity contribution < 1.29 is 9.90 Å². The number of carboxylic acid groups (broad SMARTS) is 1. The number of carboxylic acids is 1. The Morgan fingerprint density at radius 1 is 1.52 bits per heavy atom. The highest BCUT2D eigenvalue weighted by molar-refractivity contribution is 7.99. The number of carbonyl (C=O) groups is 1. The van der Waals surface area contributed by atoms with Crippen LogP contribution in [0, 0.1) is 0 Å². The summed E-state index contributed by atoms with van der Waals surface area (Å²) in [7, 11) is 0. The van der Waals surface area contributed by atoms with Gasteiger partial charge in [-0.25, -0.2) is 0 Å². The van der Waals surface area contributed by atoms with Crippen molar-refractivity contribution in [3.8, 4) is 10.7 Å². The molecule has 1 N–H and O–H groups in total. The molecule has 0 saturated carbocycles. The molecule has 0 radical (unpaired) electrons. The summed E-state index contributed by atoms with van der Waals surface area (Å²) in [6.45, 7) is 2.77. The van der Waals surface area contributed by atoms with Crippen LogP contribution in [0.15, 0.2) is 11.2 Å². The summed E-state index contributed by atoms with van der Waals surface area (Å²) in [5.41, 5.74) is 1.41. The molecule has 2 aromatic rings. The minimum absolute atomic E-state index is 0.00964. The maximum absolute atomic E-state index is 10.7. The number of fused-ring (bicyclic) bond motifs is 1. The minimum Gasteiger partial charge on any atom is -0.481 e. The Labute approximate surface area is 135 Å². The molecule has 0 atom stereocenters. The van der Waals surface area contributed by atoms with Crippen LogP contribution in [0.3, 0.4) is 0 Å². The van der Waals surface area contributed by atoms with Crippen LogP contribution in [0.25, 0.3) is 10.7 Å². The van der Waals surface area contributed by atoms with E-state index < -0.39 is 5.97 Å². The predicted molar refractivity (Wildman–Crippen MR) is 87.2 cm³/mol. The molecule has 0 saturated heterocycles. The van der Waals surface area contributed by atoms with Gasteiger partial charge in [-0.05, 0) is 30.7 Å². The summed E-state index contributed by atoms with van der Waals surface area (Å²) in [5, 5.41) is 17.9. The van der Waals surface area contributed by atoms with Crippen molar-refractivity contribution in [3.05, 3.63) is 16.5 Å². The number of hydrogen-bond donors (Lipinski definition) is 1. The van der Waals surface area contributed by atoms with Crippen LogP contribution in [0.1, 0.15) is 17.4 Å². The molecular formula is C13H15N3O2S3. The number of aliphatic carboxylic acids is 1. The van der Waals surface area contributed by atoms with E-state index in [1.165, 1.54) is 28.0 Å². The smallest absolute Gasteiger partial charge is 0.313 e. The van der Waals surface area contributed by atoms with Crippen LogP contribution in [0.4, 0.5) is 0 Å². The second-order valence-corrected chi connectivity index (χ2v) is 7.78. The number of thiophene rings is 1. The predicted octanol–water partition coefficient (Wildman–Crippen LogP) is 2.99. The number of nitrogens with zero attached hydrogens (tertiary/aromatic N) is 3. The monoisotopic (exact) mass is 341 g/mol. The lowest BCUT2D eigenvalue weighted by Gasteiger charge is -2.08. The largest absolute Gasteiger partial charge is 0.481 e. The van der Waals surface area contributed by atoms with Crippen LogP contribution < -0.4 is 0 Å². The first kappa shape index (κ1) is 14.9. The lowest BCUT2D eigenvalue weighted by Crippen LogP contribution is -2.03. The summed E-state index contributed by atoms with van der Waals surface area (Å²) in [4.78, 5) is 13.3. The van der Waals surface area contributed by atoms with Gasteiger partial charge in [-0.3, -0.25) is 4.79 Å². The Morgan fingerprint density at radius 3 is 3.10 bits per heavy atom. The zero-order valence-electron chi connectivity index (χ0n) is 11.5. The van der Waals surface area contributed by atoms with Crippen LogP contribution >= 0.6 is 34.9 Å². The Kier molecular flexibility index (Phi) is 4.56. The molecule has 0 aromatic carbocycles. The van der Waals surface area contributed by atoms with E-state index >= 15 is 0 Å². The minimum atomic E-state index is -0.837. The van der Waals surface area contributed by atoms with E-state index in [1.807, 2.05) is 23.3 Å². The number of aromatic nitrogens is 3. The first-order valence-electron chi connectivity index (χ1n) is 6.66. The second-order valence-electron chi connectivity index (χ2n) is 4.59. The van der Waals surface area contributed by atoms with Gasteiger partial charge in [0.15, 0.2) is 11.0 Å². The maximum Gasteiger partial charge on any atom is 0.313 e. The molecule has 3 heterocycles. The van der Waals surface area contributed by atoms with Crippen molar-refractivity contribution in [1.82, 2.24) is 14.8 Å². The zero-order valence-corrected chi connectivity index (χ0v) is 14.0. The third-order valence-corrected chi connectivity index (χ3v) is 6.40. The highest BCUT2D eigenvalue weighted by Gasteiger charge is 2.19. The molecule has 1 aliphatic heterocycles. The molecule has 0 bridgehead atoms. The van der Waals surface area contributed by atoms with E-state index in [9.17, 15) is 4.79 Å². The van der Waals surface area contributed by atoms with Gasteiger partial charge in [0.1, 0.15) is 0 Å². The van der Waals surface area contributed by atoms with Gasteiger partial charge < -0.3 is 9.67 Å². The zero-order chi connectivity index (χ0) is 14.8. The van der Waals surface area contributed by atoms with Gasteiger partial charge in [0.2, 0.25) is 0 Å². The quantitative estimate of drug-likeness (QED) is 0.843. The lowest BCUT2D eigenvalue weighted by molar-refractivity contribution is -0.133. The fourth-order valence-corrected chi connectivity index (χ4v) is 5.34. The Balaban J connectivity index is 1.91. The van der Waals surface area contributed by atoms with Crippen LogP contribution in [-0.4, -0.2) is 37.3 Å². The van der Waals surface area contributed by atoms with Gasteiger partial charge in [0.05, 0.1) is 10.6 Å². The number of aryl methyl sites for hydroxylation is 1. The standard InChI is InChI=1S/C13H15N3O2S3/c1-2-16-12(14-15-13(16)20-7-11(17)18)10-5-8-6-19-4-3-9(8)21-10/h5H,2-4,6-7H2,1H3,(H,17,18). The molecule has 0 fully saturated rings. The summed E-state index contributed by atoms with van der Waals surface area (Å²) in [5.74, 6) is 2.29. The van der Waals surface area contributed by atoms with Gasteiger partial charge in [0.25, 0.3) is 0 Å². The molecule has 0 spiro atoms. The van der Waals surface area contributed by atoms with Crippen LogP contribution in [-0.2, 0) is 23.5 Å². The van der Waals surface area contributed by atoms with E-state index in [0.29, 0.717) is 5.16 Å². The van der Waals surface area contributed by atoms with Gasteiger partial charge in [0, 0.05) is 17.2 Å². The van der Waals surface area contributed by atoms with E-state index in [2.05, 4.69) is 16.3 Å². The molecule has 0 aliphatic carbocycles. The number of rotatable bonds is 5. The Morgan fingerprint density at radius 2 is 2.38 bits per heavy atom. The highest BCUT2D eigenvalue weighted by atomic mass is 32.2. The van der Waals surface area contributed by atoms with Crippen molar-refractivity contribution in [2.24, 2.45) is 0 Å². The summed E-state index contributed by atoms with van der Waals surface area (Å²) in [6.07, 6.45) is 1.13. The van der Waals surface area contributed by atoms with E-state index in [1.54, 1.807) is 11.3 Å². The van der Waals surface area contributed by atoms with Gasteiger partial charge >= 0.3 is 5.97 Å². The summed E-state index contributed by atoms with van der Waals surface area (Å²) >= 11 is 4.98. The van der Waals surface area contributed by atoms with Crippen LogP contribution in [0.5, 0.6) is 0 Å². The average molecular weight is 341 g/mol. The van der Waals surface area contributed by atoms with Crippen molar-refractivity contribution >= 4 is 40.8 Å². The molecule has 21 heavy (non-hydrogen) atoms. The third-order valence-electron chi connectivity index (χ3n) is 3.21. The fraction of sp³-hybridized carbons (Fsp3) is 0.462. The molecule has 2 aromatic heterocycles. The Bertz CT molecular complexity index is 642. The second kappa shape index (κ2) is 6.41. The molecular weight excluding hydrogens is 326 g/mol. The van der Waals surface area contributed by atoms with E-state index in [-0.39, 0.29) is 5.75 Å². The SMILES string of the molecule is CCn1c(SCC(=O)O)nnc1-c1cc2c(s1)CCSC2. The molecule has 112 valence electrons. The summed E-state index contributed by atoms with van der Waals surface area (Å²) in [6, 6.07) is 2.22. The molecule has 0 unspecified atom stereocenters. The lowest BCUT2D eigenvalue weighted by atomic mass is 10.2. The van der Waals surface area contributed by atoms with E-state index in [0.717, 1.165) is 29.4 Å². The first-order valence-corrected chi connectivity index (χ1v) is 9.62. The highest BCUT2D eigenvalue weighted by Crippen LogP contribution is 2.37. The first-order chi connectivity index (χ1) is 10.2. The molecule has 1 aliphatic rings. The molecule has 5 nitrogen and oxygen atoms in total. The topological polar surface area (TPSA) is 68.0 Å². The maximum atomic E-state index is 10.7. The van der Waals surface area contributed by atoms with Crippen LogP contribution in [0.2, 0.25) is 0 Å². The Hall–Kier alpha value is -0.990. The molecule has 3 rings (SSSR count). The fourth-order valence-electron chi connectivity index (χ4n) is 2.25. The number of thioether (sulfide) groups is 2. The molecule has 0 amide bonds. The third kappa shape index (κ3) is 3.12.